The van der Waals surface area contributed by atoms with Gasteiger partial charge in [0.15, 0.2) is 0 Å². The van der Waals surface area contributed by atoms with E-state index >= 15 is 0 Å². The molecule has 1 aliphatic heterocycles. The van der Waals surface area contributed by atoms with E-state index in [-0.39, 0.29) is 6.04 Å². The third-order valence-electron chi connectivity index (χ3n) is 2.71. The van der Waals surface area contributed by atoms with Crippen molar-refractivity contribution in [1.82, 2.24) is 5.32 Å². The normalized spacial score (nSPS) is 19.1. The SMILES string of the molecule is CCCNC1CCOc2cc(Cl)cc(Cl)c21. The summed E-state index contributed by atoms with van der Waals surface area (Å²) in [7, 11) is 0. The van der Waals surface area contributed by atoms with Crippen LogP contribution in [0.2, 0.25) is 10.0 Å². The third-order valence-corrected chi connectivity index (χ3v) is 3.24. The number of hydrogen-bond donors (Lipinski definition) is 1. The van der Waals surface area contributed by atoms with E-state index in [1.54, 1.807) is 6.07 Å². The van der Waals surface area contributed by atoms with Crippen molar-refractivity contribution in [3.05, 3.63) is 27.7 Å². The molecular weight excluding hydrogens is 245 g/mol. The minimum atomic E-state index is 0.286. The zero-order chi connectivity index (χ0) is 11.5. The Balaban J connectivity index is 2.30. The average molecular weight is 260 g/mol. The lowest BCUT2D eigenvalue weighted by molar-refractivity contribution is 0.253. The Labute approximate surface area is 106 Å². The molecule has 0 spiro atoms. The Morgan fingerprint density at radius 1 is 1.44 bits per heavy atom. The van der Waals surface area contributed by atoms with Gasteiger partial charge in [0.2, 0.25) is 0 Å². The fraction of sp³-hybridized carbons (Fsp3) is 0.500. The summed E-state index contributed by atoms with van der Waals surface area (Å²) < 4.78 is 5.59. The van der Waals surface area contributed by atoms with Crippen molar-refractivity contribution < 1.29 is 4.74 Å². The van der Waals surface area contributed by atoms with Crippen molar-refractivity contribution in [2.24, 2.45) is 0 Å². The minimum Gasteiger partial charge on any atom is -0.493 e. The first-order valence-corrected chi connectivity index (χ1v) is 6.33. The van der Waals surface area contributed by atoms with Crippen LogP contribution in [0.25, 0.3) is 0 Å². The van der Waals surface area contributed by atoms with Crippen LogP contribution in [-0.2, 0) is 0 Å². The van der Waals surface area contributed by atoms with Gasteiger partial charge in [0, 0.05) is 23.0 Å². The number of rotatable bonds is 3. The monoisotopic (exact) mass is 259 g/mol. The summed E-state index contributed by atoms with van der Waals surface area (Å²) in [5.74, 6) is 0.817. The molecule has 0 aliphatic carbocycles. The Morgan fingerprint density at radius 3 is 3.00 bits per heavy atom. The number of nitrogens with one attached hydrogen (secondary N) is 1. The number of fused-ring (bicyclic) bond motifs is 1. The lowest BCUT2D eigenvalue weighted by Crippen LogP contribution is -2.27. The van der Waals surface area contributed by atoms with Crippen LogP contribution in [0.5, 0.6) is 5.75 Å². The molecule has 1 heterocycles. The third kappa shape index (κ3) is 2.45. The lowest BCUT2D eigenvalue weighted by Gasteiger charge is -2.27. The number of benzene rings is 1. The van der Waals surface area contributed by atoms with Gasteiger partial charge in [0.25, 0.3) is 0 Å². The van der Waals surface area contributed by atoms with Gasteiger partial charge in [-0.3, -0.25) is 0 Å². The van der Waals surface area contributed by atoms with Gasteiger partial charge in [-0.05, 0) is 25.1 Å². The van der Waals surface area contributed by atoms with Gasteiger partial charge < -0.3 is 10.1 Å². The first-order chi connectivity index (χ1) is 7.72. The quantitative estimate of drug-likeness (QED) is 0.892. The zero-order valence-electron chi connectivity index (χ0n) is 9.22. The van der Waals surface area contributed by atoms with E-state index in [2.05, 4.69) is 12.2 Å². The summed E-state index contributed by atoms with van der Waals surface area (Å²) >= 11 is 12.2. The van der Waals surface area contributed by atoms with Crippen LogP contribution < -0.4 is 10.1 Å². The molecule has 0 aromatic heterocycles. The van der Waals surface area contributed by atoms with Crippen LogP contribution in [0.4, 0.5) is 0 Å². The molecular formula is C12H15Cl2NO. The Bertz CT molecular complexity index is 382. The summed E-state index contributed by atoms with van der Waals surface area (Å²) in [4.78, 5) is 0. The second kappa shape index (κ2) is 5.26. The van der Waals surface area contributed by atoms with Crippen molar-refractivity contribution in [2.45, 2.75) is 25.8 Å². The molecule has 0 saturated carbocycles. The first-order valence-electron chi connectivity index (χ1n) is 5.57. The molecule has 1 unspecified atom stereocenters. The first kappa shape index (κ1) is 12.0. The molecule has 1 aromatic carbocycles. The van der Waals surface area contributed by atoms with Crippen LogP contribution in [0.3, 0.4) is 0 Å². The maximum Gasteiger partial charge on any atom is 0.127 e. The molecule has 1 aromatic rings. The van der Waals surface area contributed by atoms with Crippen LogP contribution in [0.15, 0.2) is 12.1 Å². The predicted octanol–water partition coefficient (Wildman–Crippen LogP) is 3.82. The second-order valence-corrected chi connectivity index (χ2v) is 4.79. The molecule has 2 nitrogen and oxygen atoms in total. The molecule has 1 atom stereocenters. The molecule has 88 valence electrons. The maximum atomic E-state index is 6.22. The van der Waals surface area contributed by atoms with Crippen molar-refractivity contribution >= 4 is 23.2 Å². The Morgan fingerprint density at radius 2 is 2.25 bits per heavy atom. The van der Waals surface area contributed by atoms with E-state index in [0.29, 0.717) is 16.7 Å². The fourth-order valence-electron chi connectivity index (χ4n) is 1.97. The second-order valence-electron chi connectivity index (χ2n) is 3.94. The highest BCUT2D eigenvalue weighted by Gasteiger charge is 2.24. The summed E-state index contributed by atoms with van der Waals surface area (Å²) in [6, 6.07) is 3.90. The van der Waals surface area contributed by atoms with Gasteiger partial charge in [-0.2, -0.15) is 0 Å². The van der Waals surface area contributed by atoms with E-state index in [1.165, 1.54) is 0 Å². The largest absolute Gasteiger partial charge is 0.493 e. The van der Waals surface area contributed by atoms with Crippen LogP contribution in [0, 0.1) is 0 Å². The predicted molar refractivity (Wildman–Crippen MR) is 67.6 cm³/mol. The number of halogens is 2. The molecule has 0 fully saturated rings. The number of hydrogen-bond acceptors (Lipinski definition) is 2. The highest BCUT2D eigenvalue weighted by atomic mass is 35.5. The van der Waals surface area contributed by atoms with Crippen LogP contribution in [0.1, 0.15) is 31.4 Å². The van der Waals surface area contributed by atoms with E-state index in [0.717, 1.165) is 30.7 Å². The van der Waals surface area contributed by atoms with E-state index in [9.17, 15) is 0 Å². The molecule has 2 rings (SSSR count). The summed E-state index contributed by atoms with van der Waals surface area (Å²) in [5, 5.41) is 4.80. The fourth-order valence-corrected chi connectivity index (χ4v) is 2.58. The van der Waals surface area contributed by atoms with Crippen LogP contribution >= 0.6 is 23.2 Å². The molecule has 0 bridgehead atoms. The molecule has 4 heteroatoms. The van der Waals surface area contributed by atoms with Crippen molar-refractivity contribution in [2.75, 3.05) is 13.2 Å². The van der Waals surface area contributed by atoms with E-state index in [1.807, 2.05) is 6.07 Å². The smallest absolute Gasteiger partial charge is 0.127 e. The highest BCUT2D eigenvalue weighted by Crippen LogP contribution is 2.39. The summed E-state index contributed by atoms with van der Waals surface area (Å²) in [6.07, 6.45) is 2.06. The standard InChI is InChI=1S/C12H15Cl2NO/c1-2-4-15-10-3-5-16-11-7-8(13)6-9(14)12(10)11/h6-7,10,15H,2-5H2,1H3. The van der Waals surface area contributed by atoms with E-state index < -0.39 is 0 Å². The highest BCUT2D eigenvalue weighted by molar-refractivity contribution is 6.35. The van der Waals surface area contributed by atoms with Gasteiger partial charge in [-0.1, -0.05) is 30.1 Å². The molecule has 1 aliphatic rings. The van der Waals surface area contributed by atoms with Crippen molar-refractivity contribution in [1.29, 1.82) is 0 Å². The Hall–Kier alpha value is -0.440. The van der Waals surface area contributed by atoms with Gasteiger partial charge in [-0.15, -0.1) is 0 Å². The topological polar surface area (TPSA) is 21.3 Å². The van der Waals surface area contributed by atoms with Crippen molar-refractivity contribution in [3.63, 3.8) is 0 Å². The molecule has 0 radical (unpaired) electrons. The molecule has 0 saturated heterocycles. The molecule has 16 heavy (non-hydrogen) atoms. The zero-order valence-corrected chi connectivity index (χ0v) is 10.7. The average Bonchev–Trinajstić information content (AvgIpc) is 2.25. The maximum absolute atomic E-state index is 6.22. The lowest BCUT2D eigenvalue weighted by atomic mass is 10.0. The summed E-state index contributed by atoms with van der Waals surface area (Å²) in [5.41, 5.74) is 1.05. The van der Waals surface area contributed by atoms with Crippen molar-refractivity contribution in [3.8, 4) is 5.75 Å². The van der Waals surface area contributed by atoms with E-state index in [4.69, 9.17) is 27.9 Å². The van der Waals surface area contributed by atoms with Crippen LogP contribution in [-0.4, -0.2) is 13.2 Å². The summed E-state index contributed by atoms with van der Waals surface area (Å²) in [6.45, 7) is 3.85. The molecule has 0 amide bonds. The minimum absolute atomic E-state index is 0.286. The van der Waals surface area contributed by atoms with Gasteiger partial charge in [0.1, 0.15) is 5.75 Å². The van der Waals surface area contributed by atoms with Gasteiger partial charge in [0.05, 0.1) is 11.6 Å². The van der Waals surface area contributed by atoms with Gasteiger partial charge in [-0.25, -0.2) is 0 Å². The Kier molecular flexibility index (Phi) is 3.95. The number of ether oxygens (including phenoxy) is 1. The molecule has 1 N–H and O–H groups in total. The van der Waals surface area contributed by atoms with Gasteiger partial charge >= 0.3 is 0 Å².